The Balaban J connectivity index is 2.03. The van der Waals surface area contributed by atoms with E-state index in [0.29, 0.717) is 0 Å². The Labute approximate surface area is 104 Å². The van der Waals surface area contributed by atoms with Crippen LogP contribution in [0.5, 0.6) is 0 Å². The molecule has 0 spiro atoms. The van der Waals surface area contributed by atoms with E-state index >= 15 is 0 Å². The van der Waals surface area contributed by atoms with Crippen LogP contribution in [0.3, 0.4) is 0 Å². The Bertz CT molecular complexity index is 471. The molecule has 1 saturated carbocycles. The highest BCUT2D eigenvalue weighted by Crippen LogP contribution is 2.48. The molecule has 1 aliphatic rings. The lowest BCUT2D eigenvalue weighted by Crippen LogP contribution is -2.27. The van der Waals surface area contributed by atoms with Crippen molar-refractivity contribution < 1.29 is 14.6 Å². The van der Waals surface area contributed by atoms with E-state index in [9.17, 15) is 14.9 Å². The lowest BCUT2D eigenvalue weighted by molar-refractivity contribution is -0.384. The topological polar surface area (TPSA) is 72.7 Å². The van der Waals surface area contributed by atoms with Crippen LogP contribution in [0.4, 0.5) is 5.69 Å². The molecule has 0 aromatic heterocycles. The van der Waals surface area contributed by atoms with Gasteiger partial charge in [0, 0.05) is 25.1 Å². The second-order valence-electron chi connectivity index (χ2n) is 4.32. The summed E-state index contributed by atoms with van der Waals surface area (Å²) in [5.74, 6) is 0.0214. The zero-order valence-electron chi connectivity index (χ0n) is 10.2. The molecule has 1 fully saturated rings. The maximum absolute atomic E-state index is 11.8. The average Bonchev–Trinajstić information content (AvgIpc) is 3.17. The molecule has 0 aliphatic heterocycles. The number of carbonyl (C=O) groups excluding carboxylic acids is 1. The van der Waals surface area contributed by atoms with E-state index in [-0.39, 0.29) is 23.4 Å². The number of carbonyl (C=O) groups is 1. The van der Waals surface area contributed by atoms with E-state index in [1.807, 2.05) is 0 Å². The molecule has 2 atom stereocenters. The first-order chi connectivity index (χ1) is 8.54. The van der Waals surface area contributed by atoms with Crippen LogP contribution in [0.15, 0.2) is 24.3 Å². The highest BCUT2D eigenvalue weighted by molar-refractivity contribution is 5.81. The van der Waals surface area contributed by atoms with Gasteiger partial charge >= 0.3 is 0 Å². The number of nitro benzene ring substituents is 1. The van der Waals surface area contributed by atoms with Crippen LogP contribution in [0.2, 0.25) is 0 Å². The molecule has 96 valence electrons. The first kappa shape index (κ1) is 12.5. The first-order valence-corrected chi connectivity index (χ1v) is 5.60. The highest BCUT2D eigenvalue weighted by atomic mass is 16.7. The van der Waals surface area contributed by atoms with Crippen LogP contribution in [0, 0.1) is 16.0 Å². The van der Waals surface area contributed by atoms with E-state index in [4.69, 9.17) is 4.84 Å². The van der Waals surface area contributed by atoms with Crippen molar-refractivity contribution in [1.82, 2.24) is 5.06 Å². The van der Waals surface area contributed by atoms with Crippen LogP contribution >= 0.6 is 0 Å². The lowest BCUT2D eigenvalue weighted by Gasteiger charge is -2.13. The number of non-ortho nitro benzene ring substituents is 1. The van der Waals surface area contributed by atoms with Gasteiger partial charge in [-0.1, -0.05) is 12.1 Å². The number of nitro groups is 1. The number of rotatable bonds is 4. The minimum absolute atomic E-state index is 0.0548. The van der Waals surface area contributed by atoms with E-state index in [0.717, 1.165) is 12.0 Å². The van der Waals surface area contributed by atoms with Gasteiger partial charge in [-0.3, -0.25) is 19.7 Å². The van der Waals surface area contributed by atoms with Gasteiger partial charge in [0.2, 0.25) is 5.91 Å². The van der Waals surface area contributed by atoms with E-state index < -0.39 is 4.92 Å². The van der Waals surface area contributed by atoms with Crippen molar-refractivity contribution in [3.05, 3.63) is 39.9 Å². The molecule has 1 aromatic carbocycles. The highest BCUT2D eigenvalue weighted by Gasteiger charge is 2.45. The monoisotopic (exact) mass is 250 g/mol. The van der Waals surface area contributed by atoms with Gasteiger partial charge < -0.3 is 0 Å². The van der Waals surface area contributed by atoms with Crippen LogP contribution in [-0.4, -0.2) is 30.1 Å². The Hall–Kier alpha value is -1.95. The molecule has 6 nitrogen and oxygen atoms in total. The molecule has 1 amide bonds. The van der Waals surface area contributed by atoms with E-state index in [1.165, 1.54) is 24.3 Å². The quantitative estimate of drug-likeness (QED) is 0.602. The van der Waals surface area contributed by atoms with Crippen LogP contribution in [0.1, 0.15) is 17.9 Å². The fourth-order valence-electron chi connectivity index (χ4n) is 2.00. The summed E-state index contributed by atoms with van der Waals surface area (Å²) < 4.78 is 0. The standard InChI is InChI=1S/C12H14N2O4/c1-13(18-2)12(15)11-7-10(11)8-3-5-9(6-4-8)14(16)17/h3-6,10-11H,7H2,1-2H3/t10-,11-/m0/s1. The molecular formula is C12H14N2O4. The number of amides is 1. The summed E-state index contributed by atoms with van der Waals surface area (Å²) in [7, 11) is 3.02. The molecule has 0 bridgehead atoms. The van der Waals surface area contributed by atoms with Crippen molar-refractivity contribution >= 4 is 11.6 Å². The maximum atomic E-state index is 11.8. The second-order valence-corrected chi connectivity index (χ2v) is 4.32. The largest absolute Gasteiger partial charge is 0.275 e. The summed E-state index contributed by atoms with van der Waals surface area (Å²) in [6.45, 7) is 0. The number of hydroxylamine groups is 2. The predicted octanol–water partition coefficient (Wildman–Crippen LogP) is 1.72. The average molecular weight is 250 g/mol. The van der Waals surface area contributed by atoms with Crippen LogP contribution < -0.4 is 0 Å². The second kappa shape index (κ2) is 4.73. The van der Waals surface area contributed by atoms with Gasteiger partial charge in [-0.25, -0.2) is 5.06 Å². The van der Waals surface area contributed by atoms with Gasteiger partial charge in [0.25, 0.3) is 5.69 Å². The minimum Gasteiger partial charge on any atom is -0.275 e. The third kappa shape index (κ3) is 2.33. The van der Waals surface area contributed by atoms with Crippen LogP contribution in [-0.2, 0) is 9.63 Å². The normalized spacial score (nSPS) is 21.4. The third-order valence-electron chi connectivity index (χ3n) is 3.22. The van der Waals surface area contributed by atoms with Gasteiger partial charge in [0.05, 0.1) is 12.0 Å². The van der Waals surface area contributed by atoms with Crippen molar-refractivity contribution in [1.29, 1.82) is 0 Å². The Morgan fingerprint density at radius 3 is 2.56 bits per heavy atom. The number of benzene rings is 1. The fraction of sp³-hybridized carbons (Fsp3) is 0.417. The molecule has 0 radical (unpaired) electrons. The Kier molecular flexibility index (Phi) is 3.29. The van der Waals surface area contributed by atoms with Gasteiger partial charge in [0.1, 0.15) is 0 Å². The molecule has 18 heavy (non-hydrogen) atoms. The molecule has 1 aromatic rings. The van der Waals surface area contributed by atoms with Gasteiger partial charge in [-0.2, -0.15) is 0 Å². The summed E-state index contributed by atoms with van der Waals surface area (Å²) in [6, 6.07) is 6.36. The van der Waals surface area contributed by atoms with Crippen molar-refractivity contribution in [3.63, 3.8) is 0 Å². The molecule has 2 rings (SSSR count). The van der Waals surface area contributed by atoms with Gasteiger partial charge in [-0.15, -0.1) is 0 Å². The summed E-state index contributed by atoms with van der Waals surface area (Å²) >= 11 is 0. The van der Waals surface area contributed by atoms with Gasteiger partial charge in [0.15, 0.2) is 0 Å². The third-order valence-corrected chi connectivity index (χ3v) is 3.22. The SMILES string of the molecule is CON(C)C(=O)[C@H]1C[C@H]1c1ccc([N+](=O)[O-])cc1. The predicted molar refractivity (Wildman–Crippen MR) is 63.7 cm³/mol. The van der Waals surface area contributed by atoms with Gasteiger partial charge in [-0.05, 0) is 17.9 Å². The zero-order chi connectivity index (χ0) is 13.3. The van der Waals surface area contributed by atoms with E-state index in [1.54, 1.807) is 19.2 Å². The summed E-state index contributed by atoms with van der Waals surface area (Å²) in [5, 5.41) is 11.7. The van der Waals surface area contributed by atoms with Crippen molar-refractivity contribution in [2.24, 2.45) is 5.92 Å². The fourth-order valence-corrected chi connectivity index (χ4v) is 2.00. The Morgan fingerprint density at radius 1 is 1.44 bits per heavy atom. The van der Waals surface area contributed by atoms with Crippen molar-refractivity contribution in [3.8, 4) is 0 Å². The molecule has 6 heteroatoms. The molecule has 0 heterocycles. The lowest BCUT2D eigenvalue weighted by atomic mass is 10.1. The summed E-state index contributed by atoms with van der Waals surface area (Å²) in [6.07, 6.45) is 0.768. The van der Waals surface area contributed by atoms with E-state index in [2.05, 4.69) is 0 Å². The number of hydrogen-bond donors (Lipinski definition) is 0. The molecule has 0 N–H and O–H groups in total. The molecule has 0 saturated heterocycles. The van der Waals surface area contributed by atoms with Crippen molar-refractivity contribution in [2.75, 3.05) is 14.2 Å². The number of nitrogens with zero attached hydrogens (tertiary/aromatic N) is 2. The smallest absolute Gasteiger partial charge is 0.269 e. The minimum atomic E-state index is -0.433. The summed E-state index contributed by atoms with van der Waals surface area (Å²) in [4.78, 5) is 26.7. The first-order valence-electron chi connectivity index (χ1n) is 5.60. The zero-order valence-corrected chi connectivity index (χ0v) is 10.2. The Morgan fingerprint density at radius 2 is 2.06 bits per heavy atom. The molecule has 0 unspecified atom stereocenters. The maximum Gasteiger partial charge on any atom is 0.269 e. The summed E-state index contributed by atoms with van der Waals surface area (Å²) in [5.41, 5.74) is 1.03. The number of hydrogen-bond acceptors (Lipinski definition) is 4. The molecule has 1 aliphatic carbocycles. The molecular weight excluding hydrogens is 236 g/mol. The van der Waals surface area contributed by atoms with Crippen LogP contribution in [0.25, 0.3) is 0 Å². The van der Waals surface area contributed by atoms with Crippen molar-refractivity contribution in [2.45, 2.75) is 12.3 Å².